The molecule has 0 amide bonds. The van der Waals surface area contributed by atoms with Crippen LogP contribution in [0.1, 0.15) is 21.1 Å². The van der Waals surface area contributed by atoms with Gasteiger partial charge in [0.25, 0.3) is 5.56 Å². The maximum absolute atomic E-state index is 12.8. The highest BCUT2D eigenvalue weighted by Crippen LogP contribution is 2.14. The van der Waals surface area contributed by atoms with Crippen LogP contribution < -0.4 is 11.2 Å². The SMILES string of the molecule is Cc1nc(COC(=O)c2ccc3c(=O)n(-c4ccccc4)c(=O)[nH]c3c2)cs1. The lowest BCUT2D eigenvalue weighted by Gasteiger charge is -2.08. The topological polar surface area (TPSA) is 94.0 Å². The first-order valence-corrected chi connectivity index (χ1v) is 9.33. The number of thiazole rings is 1. The fourth-order valence-electron chi connectivity index (χ4n) is 2.85. The zero-order valence-electron chi connectivity index (χ0n) is 14.8. The quantitative estimate of drug-likeness (QED) is 0.538. The normalized spacial score (nSPS) is 10.9. The van der Waals surface area contributed by atoms with Gasteiger partial charge in [-0.25, -0.2) is 19.1 Å². The number of aryl methyl sites for hydroxylation is 1. The number of hydrogen-bond donors (Lipinski definition) is 1. The van der Waals surface area contributed by atoms with E-state index in [1.54, 1.807) is 30.3 Å². The van der Waals surface area contributed by atoms with Gasteiger partial charge in [0, 0.05) is 5.38 Å². The first-order chi connectivity index (χ1) is 13.5. The molecule has 2 heterocycles. The van der Waals surface area contributed by atoms with Gasteiger partial charge in [0.15, 0.2) is 0 Å². The number of rotatable bonds is 4. The van der Waals surface area contributed by atoms with Crippen molar-refractivity contribution in [1.82, 2.24) is 14.5 Å². The van der Waals surface area contributed by atoms with Crippen LogP contribution in [-0.4, -0.2) is 20.5 Å². The Hall–Kier alpha value is -3.52. The number of carbonyl (C=O) groups excluding carboxylic acids is 1. The maximum Gasteiger partial charge on any atom is 0.338 e. The molecule has 8 heteroatoms. The highest BCUT2D eigenvalue weighted by atomic mass is 32.1. The van der Waals surface area contributed by atoms with Gasteiger partial charge in [-0.2, -0.15) is 0 Å². The fourth-order valence-corrected chi connectivity index (χ4v) is 3.45. The Bertz CT molecular complexity index is 1290. The fraction of sp³-hybridized carbons (Fsp3) is 0.100. The minimum atomic E-state index is -0.577. The summed E-state index contributed by atoms with van der Waals surface area (Å²) < 4.78 is 6.32. The van der Waals surface area contributed by atoms with Gasteiger partial charge in [0.05, 0.1) is 32.9 Å². The van der Waals surface area contributed by atoms with Crippen molar-refractivity contribution in [1.29, 1.82) is 0 Å². The van der Waals surface area contributed by atoms with E-state index >= 15 is 0 Å². The van der Waals surface area contributed by atoms with Crippen molar-refractivity contribution in [2.75, 3.05) is 0 Å². The first-order valence-electron chi connectivity index (χ1n) is 8.45. The van der Waals surface area contributed by atoms with E-state index in [-0.39, 0.29) is 17.7 Å². The molecule has 0 radical (unpaired) electrons. The van der Waals surface area contributed by atoms with Crippen LogP contribution in [0.15, 0.2) is 63.5 Å². The Morgan fingerprint density at radius 2 is 1.96 bits per heavy atom. The lowest BCUT2D eigenvalue weighted by molar-refractivity contribution is 0.0468. The number of hydrogen-bond acceptors (Lipinski definition) is 6. The second-order valence-electron chi connectivity index (χ2n) is 6.10. The highest BCUT2D eigenvalue weighted by molar-refractivity contribution is 7.09. The molecule has 0 aliphatic rings. The number of esters is 1. The Morgan fingerprint density at radius 1 is 1.18 bits per heavy atom. The minimum Gasteiger partial charge on any atom is -0.456 e. The molecular weight excluding hydrogens is 378 g/mol. The Balaban J connectivity index is 1.67. The second kappa shape index (κ2) is 7.24. The van der Waals surface area contributed by atoms with Gasteiger partial charge in [-0.1, -0.05) is 18.2 Å². The minimum absolute atomic E-state index is 0.0628. The summed E-state index contributed by atoms with van der Waals surface area (Å²) in [5, 5.41) is 3.02. The molecule has 0 saturated heterocycles. The predicted octanol–water partition coefficient (Wildman–Crippen LogP) is 2.80. The van der Waals surface area contributed by atoms with Gasteiger partial charge in [0.2, 0.25) is 0 Å². The lowest BCUT2D eigenvalue weighted by Crippen LogP contribution is -2.33. The largest absolute Gasteiger partial charge is 0.456 e. The molecule has 0 aliphatic heterocycles. The molecule has 0 fully saturated rings. The summed E-state index contributed by atoms with van der Waals surface area (Å²) in [5.41, 5.74) is 0.636. The number of para-hydroxylation sites is 1. The molecule has 2 aromatic heterocycles. The molecule has 1 N–H and O–H groups in total. The number of aromatic amines is 1. The van der Waals surface area contributed by atoms with Gasteiger partial charge in [-0.3, -0.25) is 4.79 Å². The lowest BCUT2D eigenvalue weighted by atomic mass is 10.1. The van der Waals surface area contributed by atoms with E-state index in [4.69, 9.17) is 4.74 Å². The van der Waals surface area contributed by atoms with E-state index in [2.05, 4.69) is 9.97 Å². The Morgan fingerprint density at radius 3 is 2.68 bits per heavy atom. The third-order valence-corrected chi connectivity index (χ3v) is 4.99. The number of nitrogens with zero attached hydrogens (tertiary/aromatic N) is 2. The molecule has 4 rings (SSSR count). The van der Waals surface area contributed by atoms with Crippen molar-refractivity contribution in [2.45, 2.75) is 13.5 Å². The zero-order chi connectivity index (χ0) is 19.7. The monoisotopic (exact) mass is 393 g/mol. The molecule has 0 atom stereocenters. The average Bonchev–Trinajstić information content (AvgIpc) is 3.11. The van der Waals surface area contributed by atoms with Crippen LogP contribution in [0, 0.1) is 6.92 Å². The summed E-state index contributed by atoms with van der Waals surface area (Å²) in [7, 11) is 0. The summed E-state index contributed by atoms with van der Waals surface area (Å²) in [6, 6.07) is 13.1. The van der Waals surface area contributed by atoms with E-state index in [1.165, 1.54) is 29.5 Å². The van der Waals surface area contributed by atoms with Gasteiger partial charge in [-0.15, -0.1) is 11.3 Å². The second-order valence-corrected chi connectivity index (χ2v) is 7.16. The van der Waals surface area contributed by atoms with Crippen molar-refractivity contribution in [3.05, 3.63) is 91.0 Å². The van der Waals surface area contributed by atoms with Crippen molar-refractivity contribution in [3.63, 3.8) is 0 Å². The number of aromatic nitrogens is 3. The van der Waals surface area contributed by atoms with E-state index in [9.17, 15) is 14.4 Å². The number of nitrogens with one attached hydrogen (secondary N) is 1. The van der Waals surface area contributed by atoms with Crippen molar-refractivity contribution >= 4 is 28.2 Å². The number of ether oxygens (including phenoxy) is 1. The van der Waals surface area contributed by atoms with Crippen LogP contribution in [0.25, 0.3) is 16.6 Å². The molecule has 0 bridgehead atoms. The number of fused-ring (bicyclic) bond motifs is 1. The summed E-state index contributed by atoms with van der Waals surface area (Å²) in [4.78, 5) is 44.4. The standard InChI is InChI=1S/C20H15N3O4S/c1-12-21-14(11-28-12)10-27-19(25)13-7-8-16-17(9-13)22-20(26)23(18(16)24)15-5-3-2-4-6-15/h2-9,11H,10H2,1H3,(H,22,26). The number of carbonyl (C=O) groups is 1. The molecule has 28 heavy (non-hydrogen) atoms. The van der Waals surface area contributed by atoms with E-state index < -0.39 is 17.2 Å². The smallest absolute Gasteiger partial charge is 0.338 e. The molecule has 0 unspecified atom stereocenters. The number of H-pyrrole nitrogens is 1. The molecule has 0 spiro atoms. The molecule has 140 valence electrons. The Kier molecular flexibility index (Phi) is 4.62. The molecular formula is C20H15N3O4S. The third kappa shape index (κ3) is 3.37. The van der Waals surface area contributed by atoms with E-state index in [0.717, 1.165) is 9.57 Å². The van der Waals surface area contributed by atoms with Crippen LogP contribution >= 0.6 is 11.3 Å². The summed E-state index contributed by atoms with van der Waals surface area (Å²) in [5.74, 6) is -0.555. The van der Waals surface area contributed by atoms with Crippen molar-refractivity contribution in [2.24, 2.45) is 0 Å². The first kappa shape index (κ1) is 17.9. The zero-order valence-corrected chi connectivity index (χ0v) is 15.7. The molecule has 0 saturated carbocycles. The Labute approximate surface area is 162 Å². The van der Waals surface area contributed by atoms with Gasteiger partial charge >= 0.3 is 11.7 Å². The van der Waals surface area contributed by atoms with Crippen LogP contribution in [0.5, 0.6) is 0 Å². The summed E-state index contributed by atoms with van der Waals surface area (Å²) >= 11 is 1.48. The van der Waals surface area contributed by atoms with Gasteiger partial charge in [0.1, 0.15) is 6.61 Å². The summed E-state index contributed by atoms with van der Waals surface area (Å²) in [6.45, 7) is 1.94. The average molecular weight is 393 g/mol. The highest BCUT2D eigenvalue weighted by Gasteiger charge is 2.13. The van der Waals surface area contributed by atoms with E-state index in [0.29, 0.717) is 16.8 Å². The third-order valence-electron chi connectivity index (χ3n) is 4.17. The molecule has 0 aliphatic carbocycles. The van der Waals surface area contributed by atoms with Crippen LogP contribution in [-0.2, 0) is 11.3 Å². The van der Waals surface area contributed by atoms with Crippen molar-refractivity contribution < 1.29 is 9.53 Å². The van der Waals surface area contributed by atoms with Gasteiger partial charge < -0.3 is 9.72 Å². The van der Waals surface area contributed by atoms with Crippen LogP contribution in [0.4, 0.5) is 0 Å². The molecule has 4 aromatic rings. The van der Waals surface area contributed by atoms with Crippen LogP contribution in [0.2, 0.25) is 0 Å². The molecule has 7 nitrogen and oxygen atoms in total. The predicted molar refractivity (Wildman–Crippen MR) is 106 cm³/mol. The van der Waals surface area contributed by atoms with Crippen LogP contribution in [0.3, 0.4) is 0 Å². The van der Waals surface area contributed by atoms with Gasteiger partial charge in [-0.05, 0) is 37.3 Å². The molecule has 2 aromatic carbocycles. The summed E-state index contributed by atoms with van der Waals surface area (Å²) in [6.07, 6.45) is 0. The number of benzene rings is 2. The van der Waals surface area contributed by atoms with E-state index in [1.807, 2.05) is 12.3 Å². The maximum atomic E-state index is 12.8. The van der Waals surface area contributed by atoms with Crippen molar-refractivity contribution in [3.8, 4) is 5.69 Å².